The zero-order valence-electron chi connectivity index (χ0n) is 11.3. The molecule has 0 aliphatic heterocycles. The van der Waals surface area contributed by atoms with E-state index in [2.05, 4.69) is 15.4 Å². The fourth-order valence-electron chi connectivity index (χ4n) is 2.03. The van der Waals surface area contributed by atoms with E-state index in [0.29, 0.717) is 16.6 Å². The summed E-state index contributed by atoms with van der Waals surface area (Å²) in [5.74, 6) is -0.0804. The third kappa shape index (κ3) is 3.22. The zero-order chi connectivity index (χ0) is 14.8. The Hall–Kier alpha value is -1.92. The number of amides is 1. The number of anilines is 1. The van der Waals surface area contributed by atoms with Crippen molar-refractivity contribution in [3.8, 4) is 0 Å². The highest BCUT2D eigenvalue weighted by atomic mass is 35.5. The van der Waals surface area contributed by atoms with E-state index >= 15 is 0 Å². The van der Waals surface area contributed by atoms with Crippen LogP contribution in [0.2, 0.25) is 5.02 Å². The summed E-state index contributed by atoms with van der Waals surface area (Å²) in [6.45, 7) is 1.95. The smallest absolute Gasteiger partial charge is 0.228 e. The molecule has 1 N–H and O–H groups in total. The normalized spacial score (nSPS) is 12.5. The van der Waals surface area contributed by atoms with Crippen LogP contribution in [0.25, 0.3) is 10.2 Å². The number of thiazole rings is 1. The van der Waals surface area contributed by atoms with Gasteiger partial charge in [0.15, 0.2) is 5.13 Å². The predicted octanol–water partition coefficient (Wildman–Crippen LogP) is 3.74. The molecule has 1 atom stereocenters. The molecule has 0 unspecified atom stereocenters. The fraction of sp³-hybridized carbons (Fsp3) is 0.214. The monoisotopic (exact) mass is 320 g/mol. The average Bonchev–Trinajstić information content (AvgIpc) is 3.06. The van der Waals surface area contributed by atoms with Crippen molar-refractivity contribution in [1.29, 1.82) is 0 Å². The number of rotatable bonds is 4. The maximum Gasteiger partial charge on any atom is 0.228 e. The van der Waals surface area contributed by atoms with E-state index in [1.807, 2.05) is 31.3 Å². The summed E-state index contributed by atoms with van der Waals surface area (Å²) in [6.07, 6.45) is 3.89. The number of nitrogens with one attached hydrogen (secondary N) is 1. The second-order valence-corrected chi connectivity index (χ2v) is 6.19. The van der Waals surface area contributed by atoms with Gasteiger partial charge in [0.2, 0.25) is 5.91 Å². The second-order valence-electron chi connectivity index (χ2n) is 4.72. The van der Waals surface area contributed by atoms with E-state index in [0.717, 1.165) is 10.2 Å². The first kappa shape index (κ1) is 14.0. The van der Waals surface area contributed by atoms with Gasteiger partial charge in [-0.2, -0.15) is 5.10 Å². The highest BCUT2D eigenvalue weighted by molar-refractivity contribution is 7.22. The molecule has 7 heteroatoms. The van der Waals surface area contributed by atoms with Gasteiger partial charge in [-0.15, -0.1) is 0 Å². The van der Waals surface area contributed by atoms with E-state index in [9.17, 15) is 4.79 Å². The molecule has 5 nitrogen and oxygen atoms in total. The number of aromatic nitrogens is 3. The molecule has 0 fully saturated rings. The highest BCUT2D eigenvalue weighted by Gasteiger charge is 2.13. The van der Waals surface area contributed by atoms with E-state index in [4.69, 9.17) is 11.6 Å². The Morgan fingerprint density at radius 1 is 1.52 bits per heavy atom. The largest absolute Gasteiger partial charge is 0.302 e. The number of carbonyl (C=O) groups is 1. The summed E-state index contributed by atoms with van der Waals surface area (Å²) in [7, 11) is 0. The van der Waals surface area contributed by atoms with Gasteiger partial charge >= 0.3 is 0 Å². The maximum atomic E-state index is 12.1. The third-order valence-electron chi connectivity index (χ3n) is 3.05. The summed E-state index contributed by atoms with van der Waals surface area (Å²) >= 11 is 7.36. The Bertz CT molecular complexity index is 768. The Kier molecular flexibility index (Phi) is 3.90. The van der Waals surface area contributed by atoms with Gasteiger partial charge in [-0.1, -0.05) is 22.9 Å². The molecular formula is C14H13ClN4OS. The third-order valence-corrected chi connectivity index (χ3v) is 4.22. The minimum absolute atomic E-state index is 0.00354. The van der Waals surface area contributed by atoms with Crippen molar-refractivity contribution in [2.75, 3.05) is 5.32 Å². The summed E-state index contributed by atoms with van der Waals surface area (Å²) < 4.78 is 2.72. The highest BCUT2D eigenvalue weighted by Crippen LogP contribution is 2.28. The fourth-order valence-corrected chi connectivity index (χ4v) is 3.18. The summed E-state index contributed by atoms with van der Waals surface area (Å²) in [5, 5.41) is 8.21. The quantitative estimate of drug-likeness (QED) is 0.796. The van der Waals surface area contributed by atoms with Crippen LogP contribution >= 0.6 is 22.9 Å². The molecule has 2 aromatic heterocycles. The van der Waals surface area contributed by atoms with Crippen molar-refractivity contribution in [3.63, 3.8) is 0 Å². The van der Waals surface area contributed by atoms with Gasteiger partial charge in [0.25, 0.3) is 0 Å². The number of halogens is 1. The van der Waals surface area contributed by atoms with Crippen LogP contribution in [0.4, 0.5) is 5.13 Å². The van der Waals surface area contributed by atoms with Crippen LogP contribution in [0.1, 0.15) is 19.4 Å². The van der Waals surface area contributed by atoms with Crippen molar-refractivity contribution in [2.24, 2.45) is 0 Å². The number of carbonyl (C=O) groups excluding carboxylic acids is 1. The van der Waals surface area contributed by atoms with E-state index in [-0.39, 0.29) is 11.9 Å². The lowest BCUT2D eigenvalue weighted by atomic mass is 10.2. The molecule has 0 bridgehead atoms. The lowest BCUT2D eigenvalue weighted by Gasteiger charge is -2.10. The van der Waals surface area contributed by atoms with Crippen molar-refractivity contribution >= 4 is 44.2 Å². The topological polar surface area (TPSA) is 59.8 Å². The molecule has 108 valence electrons. The summed E-state index contributed by atoms with van der Waals surface area (Å²) in [5.41, 5.74) is 0.833. The molecule has 1 amide bonds. The Balaban J connectivity index is 1.68. The van der Waals surface area contributed by atoms with Crippen LogP contribution in [0.5, 0.6) is 0 Å². The molecule has 0 aliphatic rings. The lowest BCUT2D eigenvalue weighted by molar-refractivity contribution is -0.116. The van der Waals surface area contributed by atoms with Gasteiger partial charge in [-0.3, -0.25) is 9.48 Å². The predicted molar refractivity (Wildman–Crippen MR) is 84.8 cm³/mol. The van der Waals surface area contributed by atoms with Crippen LogP contribution in [0, 0.1) is 0 Å². The minimum atomic E-state index is -0.0804. The molecule has 3 aromatic rings. The maximum absolute atomic E-state index is 12.1. The van der Waals surface area contributed by atoms with Gasteiger partial charge in [0.1, 0.15) is 0 Å². The van der Waals surface area contributed by atoms with Crippen LogP contribution in [0.15, 0.2) is 36.7 Å². The van der Waals surface area contributed by atoms with Gasteiger partial charge in [-0.25, -0.2) is 4.98 Å². The van der Waals surface area contributed by atoms with Gasteiger partial charge in [0.05, 0.1) is 16.3 Å². The molecule has 3 rings (SSSR count). The Morgan fingerprint density at radius 2 is 2.38 bits per heavy atom. The van der Waals surface area contributed by atoms with Crippen LogP contribution in [-0.4, -0.2) is 20.7 Å². The standard InChI is InChI=1S/C14H13ClN4OS/c1-9(19-6-2-5-16-19)7-13(20)18-14-17-11-4-3-10(15)8-12(11)21-14/h2-6,8-9H,7H2,1H3,(H,17,18,20)/t9-/m0/s1. The van der Waals surface area contributed by atoms with E-state index < -0.39 is 0 Å². The molecule has 0 aliphatic carbocycles. The number of hydrogen-bond acceptors (Lipinski definition) is 4. The number of benzene rings is 1. The lowest BCUT2D eigenvalue weighted by Crippen LogP contribution is -2.17. The van der Waals surface area contributed by atoms with Crippen LogP contribution < -0.4 is 5.32 Å². The molecule has 21 heavy (non-hydrogen) atoms. The van der Waals surface area contributed by atoms with Crippen molar-refractivity contribution in [3.05, 3.63) is 41.7 Å². The number of nitrogens with zero attached hydrogens (tertiary/aromatic N) is 3. The second kappa shape index (κ2) is 5.83. The van der Waals surface area contributed by atoms with Crippen molar-refractivity contribution in [2.45, 2.75) is 19.4 Å². The van der Waals surface area contributed by atoms with E-state index in [1.165, 1.54) is 11.3 Å². The molecule has 0 spiro atoms. The molecule has 0 saturated carbocycles. The van der Waals surface area contributed by atoms with Crippen molar-refractivity contribution in [1.82, 2.24) is 14.8 Å². The average molecular weight is 321 g/mol. The molecule has 2 heterocycles. The van der Waals surface area contributed by atoms with Crippen molar-refractivity contribution < 1.29 is 4.79 Å². The zero-order valence-corrected chi connectivity index (χ0v) is 12.9. The SMILES string of the molecule is C[C@@H](CC(=O)Nc1nc2ccc(Cl)cc2s1)n1cccn1. The Labute approximate surface area is 130 Å². The van der Waals surface area contributed by atoms with Gasteiger partial charge < -0.3 is 5.32 Å². The number of hydrogen-bond donors (Lipinski definition) is 1. The molecule has 0 radical (unpaired) electrons. The Morgan fingerprint density at radius 3 is 3.14 bits per heavy atom. The summed E-state index contributed by atoms with van der Waals surface area (Å²) in [6, 6.07) is 7.32. The summed E-state index contributed by atoms with van der Waals surface area (Å²) in [4.78, 5) is 16.4. The van der Waals surface area contributed by atoms with Crippen LogP contribution in [-0.2, 0) is 4.79 Å². The first-order valence-corrected chi connectivity index (χ1v) is 7.66. The molecular weight excluding hydrogens is 308 g/mol. The van der Waals surface area contributed by atoms with Gasteiger partial charge in [-0.05, 0) is 31.2 Å². The van der Waals surface area contributed by atoms with Gasteiger partial charge in [0, 0.05) is 23.8 Å². The minimum Gasteiger partial charge on any atom is -0.302 e. The molecule has 0 saturated heterocycles. The first-order valence-electron chi connectivity index (χ1n) is 6.47. The first-order chi connectivity index (χ1) is 10.1. The molecule has 1 aromatic carbocycles. The van der Waals surface area contributed by atoms with Crippen LogP contribution in [0.3, 0.4) is 0 Å². The number of fused-ring (bicyclic) bond motifs is 1. The van der Waals surface area contributed by atoms with E-state index in [1.54, 1.807) is 16.9 Å².